The molecule has 0 saturated carbocycles. The van der Waals surface area contributed by atoms with E-state index in [1.165, 1.54) is 6.07 Å². The summed E-state index contributed by atoms with van der Waals surface area (Å²) in [5.74, 6) is -3.66. The van der Waals surface area contributed by atoms with Gasteiger partial charge in [0, 0.05) is 22.8 Å². The fraction of sp³-hybridized carbons (Fsp3) is 0.591. The van der Waals surface area contributed by atoms with Gasteiger partial charge in [0.05, 0.1) is 24.4 Å². The number of aromatic nitrogens is 2. The highest BCUT2D eigenvalue weighted by atomic mass is 19.4. The van der Waals surface area contributed by atoms with Crippen molar-refractivity contribution in [2.45, 2.75) is 77.4 Å². The minimum absolute atomic E-state index is 0.0530. The molecule has 0 aliphatic carbocycles. The minimum atomic E-state index is -4.89. The molecule has 0 bridgehead atoms. The van der Waals surface area contributed by atoms with Crippen LogP contribution in [0, 0.1) is 11.6 Å². The predicted octanol–water partition coefficient (Wildman–Crippen LogP) is 4.30. The Morgan fingerprint density at radius 3 is 2.15 bits per heavy atom. The van der Waals surface area contributed by atoms with E-state index in [1.807, 2.05) is 0 Å². The van der Waals surface area contributed by atoms with E-state index in [1.54, 1.807) is 41.5 Å². The quantitative estimate of drug-likeness (QED) is 0.475. The Balaban J connectivity index is 1.69. The van der Waals surface area contributed by atoms with Crippen LogP contribution in [0.25, 0.3) is 11.1 Å². The molecule has 0 amide bonds. The molecule has 1 aromatic heterocycles. The Kier molecular flexibility index (Phi) is 5.91. The van der Waals surface area contributed by atoms with Crippen molar-refractivity contribution < 1.29 is 40.7 Å². The summed E-state index contributed by atoms with van der Waals surface area (Å²) in [6.45, 7) is 10.5. The molecule has 2 aromatic rings. The molecule has 3 heterocycles. The van der Waals surface area contributed by atoms with Crippen LogP contribution in [0.2, 0.25) is 0 Å². The summed E-state index contributed by atoms with van der Waals surface area (Å²) in [7, 11) is -1.21. The first-order valence-corrected chi connectivity index (χ1v) is 10.8. The summed E-state index contributed by atoms with van der Waals surface area (Å²) in [6.07, 6.45) is -4.40. The Labute approximate surface area is 194 Å². The van der Waals surface area contributed by atoms with Crippen molar-refractivity contribution in [3.05, 3.63) is 35.7 Å². The second-order valence-electron chi connectivity index (χ2n) is 9.98. The third-order valence-corrected chi connectivity index (χ3v) is 6.40. The molecular weight excluding hydrogens is 462 g/mol. The van der Waals surface area contributed by atoms with E-state index < -0.39 is 64.8 Å². The fourth-order valence-corrected chi connectivity index (χ4v) is 3.91. The van der Waals surface area contributed by atoms with E-state index in [4.69, 9.17) is 18.8 Å². The lowest BCUT2D eigenvalue weighted by molar-refractivity contribution is -0.143. The number of benzene rings is 1. The SMILES string of the molecule is CC1(C)OC[C@H](Cn2cc(-c3ccc(B4OC(C)(C)C(C)(C)O4)c(F)c3F)c(C(F)(F)F)n2)O1. The average molecular weight is 488 g/mol. The normalized spacial score (nSPS) is 23.6. The van der Waals surface area contributed by atoms with Crippen molar-refractivity contribution in [3.8, 4) is 11.1 Å². The molecule has 34 heavy (non-hydrogen) atoms. The number of alkyl halides is 3. The maximum atomic E-state index is 15.1. The highest BCUT2D eigenvalue weighted by Gasteiger charge is 2.53. The van der Waals surface area contributed by atoms with Gasteiger partial charge >= 0.3 is 13.3 Å². The van der Waals surface area contributed by atoms with Gasteiger partial charge in [-0.2, -0.15) is 18.3 Å². The van der Waals surface area contributed by atoms with Crippen LogP contribution in [0.5, 0.6) is 0 Å². The second-order valence-corrected chi connectivity index (χ2v) is 9.98. The van der Waals surface area contributed by atoms with Crippen LogP contribution in [0.4, 0.5) is 22.0 Å². The monoisotopic (exact) mass is 488 g/mol. The second kappa shape index (κ2) is 8.01. The third kappa shape index (κ3) is 4.48. The maximum absolute atomic E-state index is 15.1. The van der Waals surface area contributed by atoms with Gasteiger partial charge in [0.25, 0.3) is 0 Å². The van der Waals surface area contributed by atoms with Gasteiger partial charge in [0.1, 0.15) is 6.10 Å². The van der Waals surface area contributed by atoms with Crippen LogP contribution in [-0.2, 0) is 31.5 Å². The molecule has 2 aliphatic heterocycles. The number of halogens is 5. The van der Waals surface area contributed by atoms with E-state index in [9.17, 15) is 13.2 Å². The molecule has 0 N–H and O–H groups in total. The van der Waals surface area contributed by atoms with E-state index >= 15 is 8.78 Å². The lowest BCUT2D eigenvalue weighted by Crippen LogP contribution is -2.41. The molecular formula is C22H26BF5N2O4. The van der Waals surface area contributed by atoms with Crippen LogP contribution in [0.15, 0.2) is 18.3 Å². The van der Waals surface area contributed by atoms with E-state index in [-0.39, 0.29) is 18.6 Å². The van der Waals surface area contributed by atoms with Gasteiger partial charge in [-0.15, -0.1) is 0 Å². The van der Waals surface area contributed by atoms with Gasteiger partial charge < -0.3 is 18.8 Å². The van der Waals surface area contributed by atoms with Crippen molar-refractivity contribution in [1.82, 2.24) is 9.78 Å². The lowest BCUT2D eigenvalue weighted by atomic mass is 9.78. The number of nitrogens with zero attached hydrogens (tertiary/aromatic N) is 2. The molecule has 0 radical (unpaired) electrons. The Hall–Kier alpha value is -2.02. The lowest BCUT2D eigenvalue weighted by Gasteiger charge is -2.32. The van der Waals surface area contributed by atoms with E-state index in [2.05, 4.69) is 5.10 Å². The molecule has 186 valence electrons. The Morgan fingerprint density at radius 1 is 1.00 bits per heavy atom. The highest BCUT2D eigenvalue weighted by Crippen LogP contribution is 2.39. The number of ether oxygens (including phenoxy) is 2. The summed E-state index contributed by atoms with van der Waals surface area (Å²) in [5.41, 5.74) is -4.32. The first-order valence-electron chi connectivity index (χ1n) is 10.8. The molecule has 4 rings (SSSR count). The van der Waals surface area contributed by atoms with Gasteiger partial charge in [0.2, 0.25) is 0 Å². The maximum Gasteiger partial charge on any atom is 0.497 e. The summed E-state index contributed by atoms with van der Waals surface area (Å²) in [5, 5.41) is 3.60. The third-order valence-electron chi connectivity index (χ3n) is 6.40. The number of rotatable bonds is 4. The molecule has 1 aromatic carbocycles. The van der Waals surface area contributed by atoms with Crippen molar-refractivity contribution in [3.63, 3.8) is 0 Å². The first kappa shape index (κ1) is 25.1. The smallest absolute Gasteiger partial charge is 0.399 e. The Morgan fingerprint density at radius 2 is 1.62 bits per heavy atom. The predicted molar refractivity (Wildman–Crippen MR) is 113 cm³/mol. The van der Waals surface area contributed by atoms with E-state index in [0.29, 0.717) is 0 Å². The molecule has 6 nitrogen and oxygen atoms in total. The average Bonchev–Trinajstić information content (AvgIpc) is 3.31. The molecule has 0 spiro atoms. The molecule has 12 heteroatoms. The van der Waals surface area contributed by atoms with Crippen LogP contribution in [0.1, 0.15) is 47.2 Å². The summed E-state index contributed by atoms with van der Waals surface area (Å²) < 4.78 is 94.9. The fourth-order valence-electron chi connectivity index (χ4n) is 3.91. The zero-order chi connectivity index (χ0) is 25.3. The van der Waals surface area contributed by atoms with Crippen LogP contribution in [0.3, 0.4) is 0 Å². The van der Waals surface area contributed by atoms with Crippen molar-refractivity contribution >= 4 is 12.6 Å². The van der Waals surface area contributed by atoms with Gasteiger partial charge in [0.15, 0.2) is 23.1 Å². The minimum Gasteiger partial charge on any atom is -0.399 e. The van der Waals surface area contributed by atoms with Crippen LogP contribution in [-0.4, -0.2) is 46.6 Å². The molecule has 2 aliphatic rings. The summed E-state index contributed by atoms with van der Waals surface area (Å²) >= 11 is 0. The zero-order valence-electron chi connectivity index (χ0n) is 19.7. The highest BCUT2D eigenvalue weighted by molar-refractivity contribution is 6.62. The van der Waals surface area contributed by atoms with Crippen molar-refractivity contribution in [1.29, 1.82) is 0 Å². The van der Waals surface area contributed by atoms with Gasteiger partial charge in [-0.3, -0.25) is 4.68 Å². The molecule has 2 saturated heterocycles. The number of hydrogen-bond acceptors (Lipinski definition) is 5. The van der Waals surface area contributed by atoms with Gasteiger partial charge in [-0.1, -0.05) is 12.1 Å². The standard InChI is InChI=1S/C22H26BF5N2O4/c1-19(2)20(3,4)34-23(33-19)15-8-7-13(16(24)17(15)25)14-10-30(29-18(14)22(26,27)28)9-12-11-31-21(5,6)32-12/h7-8,10,12H,9,11H2,1-6H3/t12-/m0/s1. The number of hydrogen-bond donors (Lipinski definition) is 0. The molecule has 2 fully saturated rings. The van der Waals surface area contributed by atoms with Gasteiger partial charge in [-0.05, 0) is 41.5 Å². The van der Waals surface area contributed by atoms with E-state index in [0.717, 1.165) is 16.9 Å². The van der Waals surface area contributed by atoms with Crippen LogP contribution < -0.4 is 5.46 Å². The van der Waals surface area contributed by atoms with Crippen molar-refractivity contribution in [2.75, 3.05) is 6.61 Å². The van der Waals surface area contributed by atoms with Crippen LogP contribution >= 0.6 is 0 Å². The van der Waals surface area contributed by atoms with Gasteiger partial charge in [-0.25, -0.2) is 8.78 Å². The molecule has 1 atom stereocenters. The topological polar surface area (TPSA) is 54.7 Å². The van der Waals surface area contributed by atoms with Crippen molar-refractivity contribution in [2.24, 2.45) is 0 Å². The zero-order valence-corrected chi connectivity index (χ0v) is 19.7. The largest absolute Gasteiger partial charge is 0.497 e. The summed E-state index contributed by atoms with van der Waals surface area (Å²) in [4.78, 5) is 0. The molecule has 0 unspecified atom stereocenters. The Bertz CT molecular complexity index is 1080. The first-order chi connectivity index (χ1) is 15.5. The summed E-state index contributed by atoms with van der Waals surface area (Å²) in [6, 6.07) is 2.25.